The number of hydrogen-bond acceptors (Lipinski definition) is 4. The van der Waals surface area contributed by atoms with E-state index in [1.54, 1.807) is 7.11 Å². The van der Waals surface area contributed by atoms with E-state index >= 15 is 0 Å². The van der Waals surface area contributed by atoms with E-state index in [0.29, 0.717) is 11.9 Å². The molecule has 1 unspecified atom stereocenters. The molecular weight excluding hydrogens is 252 g/mol. The first-order valence-corrected chi connectivity index (χ1v) is 7.49. The molecule has 1 aliphatic rings. The molecule has 2 N–H and O–H groups in total. The Kier molecular flexibility index (Phi) is 5.26. The first-order chi connectivity index (χ1) is 9.65. The van der Waals surface area contributed by atoms with Gasteiger partial charge >= 0.3 is 0 Å². The van der Waals surface area contributed by atoms with Crippen molar-refractivity contribution in [1.29, 1.82) is 0 Å². The van der Waals surface area contributed by atoms with Crippen molar-refractivity contribution >= 4 is 5.69 Å². The van der Waals surface area contributed by atoms with Crippen molar-refractivity contribution in [2.45, 2.75) is 38.8 Å². The molecule has 2 rings (SSSR count). The molecule has 1 aromatic carbocycles. The van der Waals surface area contributed by atoms with Gasteiger partial charge in [-0.3, -0.25) is 0 Å². The van der Waals surface area contributed by atoms with Crippen LogP contribution in [0.15, 0.2) is 18.2 Å². The third-order valence-corrected chi connectivity index (χ3v) is 4.13. The summed E-state index contributed by atoms with van der Waals surface area (Å²) in [6.45, 7) is 7.01. The van der Waals surface area contributed by atoms with Gasteiger partial charge in [-0.05, 0) is 32.4 Å². The van der Waals surface area contributed by atoms with E-state index in [4.69, 9.17) is 4.74 Å². The zero-order chi connectivity index (χ0) is 14.5. The summed E-state index contributed by atoms with van der Waals surface area (Å²) in [4.78, 5) is 2.32. The van der Waals surface area contributed by atoms with Crippen LogP contribution in [0.2, 0.25) is 0 Å². The number of benzene rings is 1. The van der Waals surface area contributed by atoms with Gasteiger partial charge in [-0.2, -0.15) is 0 Å². The molecule has 1 atom stereocenters. The van der Waals surface area contributed by atoms with Crippen molar-refractivity contribution in [3.63, 3.8) is 0 Å². The molecule has 1 aliphatic heterocycles. The number of aromatic hydroxyl groups is 1. The number of piperidine rings is 1. The molecule has 0 spiro atoms. The Balaban J connectivity index is 2.05. The summed E-state index contributed by atoms with van der Waals surface area (Å²) in [6, 6.07) is 6.19. The molecule has 4 nitrogen and oxygen atoms in total. The van der Waals surface area contributed by atoms with Crippen molar-refractivity contribution in [1.82, 2.24) is 5.32 Å². The maximum absolute atomic E-state index is 10.2. The fourth-order valence-electron chi connectivity index (χ4n) is 2.86. The van der Waals surface area contributed by atoms with Crippen LogP contribution in [0, 0.1) is 0 Å². The lowest BCUT2D eigenvalue weighted by Gasteiger charge is -2.33. The van der Waals surface area contributed by atoms with Crippen LogP contribution in [0.1, 0.15) is 38.3 Å². The average Bonchev–Trinajstić information content (AvgIpc) is 2.47. The molecule has 112 valence electrons. The molecule has 1 saturated heterocycles. The van der Waals surface area contributed by atoms with Gasteiger partial charge in [0.15, 0.2) is 0 Å². The maximum Gasteiger partial charge on any atom is 0.122 e. The van der Waals surface area contributed by atoms with Crippen LogP contribution in [-0.4, -0.2) is 38.0 Å². The summed E-state index contributed by atoms with van der Waals surface area (Å²) in [5, 5.41) is 13.6. The summed E-state index contributed by atoms with van der Waals surface area (Å²) in [5.41, 5.74) is 2.06. The van der Waals surface area contributed by atoms with E-state index in [0.717, 1.165) is 43.7 Å². The minimum Gasteiger partial charge on any atom is -0.508 e. The van der Waals surface area contributed by atoms with Crippen LogP contribution < -0.4 is 10.2 Å². The Morgan fingerprint density at radius 3 is 2.65 bits per heavy atom. The molecule has 0 aromatic heterocycles. The zero-order valence-electron chi connectivity index (χ0n) is 12.7. The number of ether oxygens (including phenoxy) is 1. The third-order valence-electron chi connectivity index (χ3n) is 4.13. The van der Waals surface area contributed by atoms with Crippen molar-refractivity contribution in [3.05, 3.63) is 23.8 Å². The second kappa shape index (κ2) is 6.95. The highest BCUT2D eigenvalue weighted by atomic mass is 16.5. The van der Waals surface area contributed by atoms with Gasteiger partial charge < -0.3 is 20.1 Å². The van der Waals surface area contributed by atoms with Crippen LogP contribution in [-0.2, 0) is 4.74 Å². The van der Waals surface area contributed by atoms with Crippen molar-refractivity contribution in [2.24, 2.45) is 0 Å². The minimum atomic E-state index is 0.174. The van der Waals surface area contributed by atoms with Crippen LogP contribution in [0.4, 0.5) is 5.69 Å². The van der Waals surface area contributed by atoms with Gasteiger partial charge in [-0.15, -0.1) is 0 Å². The highest BCUT2D eigenvalue weighted by molar-refractivity contribution is 5.54. The number of phenolic OH excluding ortho intramolecular Hbond substituents is 1. The first kappa shape index (κ1) is 15.1. The monoisotopic (exact) mass is 278 g/mol. The largest absolute Gasteiger partial charge is 0.508 e. The second-order valence-corrected chi connectivity index (χ2v) is 5.44. The predicted octanol–water partition coefficient (Wildman–Crippen LogP) is 2.68. The lowest BCUT2D eigenvalue weighted by atomic mass is 10.0. The van der Waals surface area contributed by atoms with Crippen LogP contribution in [0.3, 0.4) is 0 Å². The smallest absolute Gasteiger partial charge is 0.122 e. The Morgan fingerprint density at radius 2 is 2.10 bits per heavy atom. The fraction of sp³-hybridized carbons (Fsp3) is 0.625. The summed E-state index contributed by atoms with van der Waals surface area (Å²) in [5.74, 6) is 0.379. The number of hydrogen-bond donors (Lipinski definition) is 2. The highest BCUT2D eigenvalue weighted by Crippen LogP contribution is 2.30. The first-order valence-electron chi connectivity index (χ1n) is 7.49. The summed E-state index contributed by atoms with van der Waals surface area (Å²) in [6.07, 6.45) is 2.48. The van der Waals surface area contributed by atoms with Crippen LogP contribution >= 0.6 is 0 Å². The molecule has 1 fully saturated rings. The number of nitrogens with one attached hydrogen (secondary N) is 1. The zero-order valence-corrected chi connectivity index (χ0v) is 12.7. The quantitative estimate of drug-likeness (QED) is 0.869. The van der Waals surface area contributed by atoms with Crippen LogP contribution in [0.5, 0.6) is 5.75 Å². The Labute approximate surface area is 121 Å². The number of methoxy groups -OCH3 is 1. The van der Waals surface area contributed by atoms with E-state index in [9.17, 15) is 5.11 Å². The van der Waals surface area contributed by atoms with Gasteiger partial charge in [-0.1, -0.05) is 13.0 Å². The molecule has 0 radical (unpaired) electrons. The standard InChI is InChI=1S/C16H26N2O2/c1-4-17-12(2)15-6-5-13(11-16(15)19)18-9-7-14(20-3)8-10-18/h5-6,11-12,14,17,19H,4,7-10H2,1-3H3. The second-order valence-electron chi connectivity index (χ2n) is 5.44. The lowest BCUT2D eigenvalue weighted by Crippen LogP contribution is -2.36. The Hall–Kier alpha value is -1.26. The molecular formula is C16H26N2O2. The average molecular weight is 278 g/mol. The number of phenols is 1. The van der Waals surface area contributed by atoms with Gasteiger partial charge in [0.05, 0.1) is 6.10 Å². The molecule has 20 heavy (non-hydrogen) atoms. The highest BCUT2D eigenvalue weighted by Gasteiger charge is 2.20. The molecule has 0 aliphatic carbocycles. The molecule has 0 amide bonds. The van der Waals surface area contributed by atoms with E-state index in [-0.39, 0.29) is 6.04 Å². The van der Waals surface area contributed by atoms with Gasteiger partial charge in [-0.25, -0.2) is 0 Å². The van der Waals surface area contributed by atoms with Crippen molar-refractivity contribution in [3.8, 4) is 5.75 Å². The molecule has 0 saturated carbocycles. The molecule has 0 bridgehead atoms. The normalized spacial score (nSPS) is 18.2. The lowest BCUT2D eigenvalue weighted by molar-refractivity contribution is 0.0819. The maximum atomic E-state index is 10.2. The molecule has 1 heterocycles. The Bertz CT molecular complexity index is 428. The van der Waals surface area contributed by atoms with Crippen molar-refractivity contribution < 1.29 is 9.84 Å². The van der Waals surface area contributed by atoms with Gasteiger partial charge in [0, 0.05) is 43.6 Å². The topological polar surface area (TPSA) is 44.7 Å². The van der Waals surface area contributed by atoms with E-state index in [2.05, 4.69) is 30.1 Å². The minimum absolute atomic E-state index is 0.174. The third kappa shape index (κ3) is 3.44. The van der Waals surface area contributed by atoms with Gasteiger partial charge in [0.2, 0.25) is 0 Å². The van der Waals surface area contributed by atoms with E-state index in [1.165, 1.54) is 0 Å². The Morgan fingerprint density at radius 1 is 1.40 bits per heavy atom. The number of rotatable bonds is 5. The van der Waals surface area contributed by atoms with Gasteiger partial charge in [0.1, 0.15) is 5.75 Å². The summed E-state index contributed by atoms with van der Waals surface area (Å²) >= 11 is 0. The predicted molar refractivity (Wildman–Crippen MR) is 82.4 cm³/mol. The molecule has 4 heteroatoms. The SMILES string of the molecule is CCNC(C)c1ccc(N2CCC(OC)CC2)cc1O. The number of nitrogens with zero attached hydrogens (tertiary/aromatic N) is 1. The summed E-state index contributed by atoms with van der Waals surface area (Å²) < 4.78 is 5.39. The van der Waals surface area contributed by atoms with Crippen LogP contribution in [0.25, 0.3) is 0 Å². The van der Waals surface area contributed by atoms with E-state index in [1.807, 2.05) is 12.1 Å². The summed E-state index contributed by atoms with van der Waals surface area (Å²) in [7, 11) is 1.78. The van der Waals surface area contributed by atoms with E-state index < -0.39 is 0 Å². The number of anilines is 1. The fourth-order valence-corrected chi connectivity index (χ4v) is 2.86. The molecule has 1 aromatic rings. The van der Waals surface area contributed by atoms with Gasteiger partial charge in [0.25, 0.3) is 0 Å². The van der Waals surface area contributed by atoms with Crippen molar-refractivity contribution in [2.75, 3.05) is 31.6 Å².